The van der Waals surface area contributed by atoms with Crippen molar-refractivity contribution in [1.82, 2.24) is 4.98 Å². The summed E-state index contributed by atoms with van der Waals surface area (Å²) in [6.07, 6.45) is 0. The number of rotatable bonds is 2. The minimum absolute atomic E-state index is 0.0948. The standard InChI is InChI=1S/C16H11NO3/c18-14-9-13(10-5-2-1-3-6-10)17-15-11(14)7-4-8-12(15)16(19)20/h1-9H,(H,17,18)(H,19,20). The normalized spacial score (nSPS) is 10.6. The van der Waals surface area contributed by atoms with E-state index in [1.54, 1.807) is 12.1 Å². The van der Waals surface area contributed by atoms with Crippen LogP contribution in [0.15, 0.2) is 59.4 Å². The van der Waals surface area contributed by atoms with Gasteiger partial charge in [-0.25, -0.2) is 4.79 Å². The third-order valence-electron chi connectivity index (χ3n) is 3.18. The summed E-state index contributed by atoms with van der Waals surface area (Å²) < 4.78 is 0. The SMILES string of the molecule is O=C(O)c1cccc2c(=O)cc(-c3ccccc3)[nH]c12. The molecule has 0 aliphatic rings. The van der Waals surface area contributed by atoms with E-state index in [1.807, 2.05) is 30.3 Å². The van der Waals surface area contributed by atoms with Gasteiger partial charge in [-0.1, -0.05) is 36.4 Å². The van der Waals surface area contributed by atoms with E-state index in [4.69, 9.17) is 0 Å². The van der Waals surface area contributed by atoms with Crippen LogP contribution < -0.4 is 5.43 Å². The van der Waals surface area contributed by atoms with Crippen molar-refractivity contribution in [2.75, 3.05) is 0 Å². The Kier molecular flexibility index (Phi) is 2.84. The number of benzene rings is 2. The third-order valence-corrected chi connectivity index (χ3v) is 3.18. The van der Waals surface area contributed by atoms with Crippen LogP contribution in [0.1, 0.15) is 10.4 Å². The summed E-state index contributed by atoms with van der Waals surface area (Å²) in [5.41, 5.74) is 1.70. The number of hydrogen-bond acceptors (Lipinski definition) is 2. The summed E-state index contributed by atoms with van der Waals surface area (Å²) in [4.78, 5) is 26.4. The Balaban J connectivity index is 2.36. The number of carboxylic acids is 1. The number of aromatic amines is 1. The van der Waals surface area contributed by atoms with Crippen molar-refractivity contribution >= 4 is 16.9 Å². The second-order valence-electron chi connectivity index (χ2n) is 4.45. The molecule has 4 heteroatoms. The highest BCUT2D eigenvalue weighted by molar-refractivity contribution is 6.02. The third kappa shape index (κ3) is 1.97. The Labute approximate surface area is 114 Å². The van der Waals surface area contributed by atoms with Crippen molar-refractivity contribution in [3.8, 4) is 11.3 Å². The molecule has 0 saturated carbocycles. The Bertz CT molecular complexity index is 850. The van der Waals surface area contributed by atoms with Gasteiger partial charge in [0.15, 0.2) is 5.43 Å². The van der Waals surface area contributed by atoms with Gasteiger partial charge in [0.1, 0.15) is 0 Å². The van der Waals surface area contributed by atoms with Crippen molar-refractivity contribution < 1.29 is 9.90 Å². The van der Waals surface area contributed by atoms with E-state index in [2.05, 4.69) is 4.98 Å². The lowest BCUT2D eigenvalue weighted by Crippen LogP contribution is -2.07. The Morgan fingerprint density at radius 2 is 1.75 bits per heavy atom. The molecule has 0 unspecified atom stereocenters. The fourth-order valence-corrected chi connectivity index (χ4v) is 2.22. The van der Waals surface area contributed by atoms with Gasteiger partial charge in [-0.15, -0.1) is 0 Å². The summed E-state index contributed by atoms with van der Waals surface area (Å²) in [5, 5.41) is 9.59. The summed E-state index contributed by atoms with van der Waals surface area (Å²) in [6.45, 7) is 0. The number of aromatic nitrogens is 1. The largest absolute Gasteiger partial charge is 0.478 e. The number of H-pyrrole nitrogens is 1. The van der Waals surface area contributed by atoms with Crippen LogP contribution in [0.5, 0.6) is 0 Å². The molecule has 1 aromatic heterocycles. The average Bonchev–Trinajstić information content (AvgIpc) is 2.47. The van der Waals surface area contributed by atoms with Gasteiger partial charge in [0, 0.05) is 17.1 Å². The molecule has 3 aromatic rings. The lowest BCUT2D eigenvalue weighted by Gasteiger charge is -2.06. The van der Waals surface area contributed by atoms with Crippen LogP contribution in [0.4, 0.5) is 0 Å². The van der Waals surface area contributed by atoms with Crippen molar-refractivity contribution in [3.63, 3.8) is 0 Å². The van der Waals surface area contributed by atoms with Crippen molar-refractivity contribution in [3.05, 3.63) is 70.4 Å². The fourth-order valence-electron chi connectivity index (χ4n) is 2.22. The second-order valence-corrected chi connectivity index (χ2v) is 4.45. The predicted octanol–water partition coefficient (Wildman–Crippen LogP) is 2.89. The maximum atomic E-state index is 12.1. The van der Waals surface area contributed by atoms with Crippen LogP contribution in [0, 0.1) is 0 Å². The van der Waals surface area contributed by atoms with E-state index in [0.29, 0.717) is 16.6 Å². The molecule has 0 fully saturated rings. The number of aromatic carboxylic acids is 1. The molecule has 0 amide bonds. The van der Waals surface area contributed by atoms with E-state index in [0.717, 1.165) is 5.56 Å². The molecule has 0 aliphatic carbocycles. The number of fused-ring (bicyclic) bond motifs is 1. The minimum Gasteiger partial charge on any atom is -0.478 e. The highest BCUT2D eigenvalue weighted by Gasteiger charge is 2.11. The molecule has 98 valence electrons. The van der Waals surface area contributed by atoms with Crippen LogP contribution in [0.2, 0.25) is 0 Å². The van der Waals surface area contributed by atoms with E-state index >= 15 is 0 Å². The highest BCUT2D eigenvalue weighted by Crippen LogP contribution is 2.20. The predicted molar refractivity (Wildman–Crippen MR) is 77.0 cm³/mol. The van der Waals surface area contributed by atoms with Gasteiger partial charge >= 0.3 is 5.97 Å². The topological polar surface area (TPSA) is 70.2 Å². The quantitative estimate of drug-likeness (QED) is 0.748. The fraction of sp³-hybridized carbons (Fsp3) is 0. The lowest BCUT2D eigenvalue weighted by molar-refractivity contribution is 0.0699. The van der Waals surface area contributed by atoms with Crippen LogP contribution in [-0.4, -0.2) is 16.1 Å². The molecule has 0 spiro atoms. The van der Waals surface area contributed by atoms with E-state index < -0.39 is 5.97 Å². The average molecular weight is 265 g/mol. The summed E-state index contributed by atoms with van der Waals surface area (Å²) in [5.74, 6) is -1.06. The van der Waals surface area contributed by atoms with Gasteiger partial charge in [0.2, 0.25) is 0 Å². The van der Waals surface area contributed by atoms with Gasteiger partial charge in [0.05, 0.1) is 11.1 Å². The highest BCUT2D eigenvalue weighted by atomic mass is 16.4. The van der Waals surface area contributed by atoms with Gasteiger partial charge in [0.25, 0.3) is 0 Å². The summed E-state index contributed by atoms with van der Waals surface area (Å²) >= 11 is 0. The van der Waals surface area contributed by atoms with Gasteiger partial charge in [-0.2, -0.15) is 0 Å². The zero-order chi connectivity index (χ0) is 14.1. The molecule has 0 bridgehead atoms. The van der Waals surface area contributed by atoms with Crippen molar-refractivity contribution in [2.24, 2.45) is 0 Å². The monoisotopic (exact) mass is 265 g/mol. The summed E-state index contributed by atoms with van der Waals surface area (Å²) in [6, 6.07) is 15.5. The second kappa shape index (κ2) is 4.66. The minimum atomic E-state index is -1.06. The summed E-state index contributed by atoms with van der Waals surface area (Å²) in [7, 11) is 0. The number of hydrogen-bond donors (Lipinski definition) is 2. The smallest absolute Gasteiger partial charge is 0.337 e. The number of carbonyl (C=O) groups is 1. The number of pyridine rings is 1. The molecule has 2 N–H and O–H groups in total. The first kappa shape index (κ1) is 12.2. The molecule has 20 heavy (non-hydrogen) atoms. The van der Waals surface area contributed by atoms with Gasteiger partial charge < -0.3 is 10.1 Å². The van der Waals surface area contributed by atoms with Crippen LogP contribution in [0.25, 0.3) is 22.2 Å². The molecule has 4 nitrogen and oxygen atoms in total. The molecular formula is C16H11NO3. The van der Waals surface area contributed by atoms with Crippen molar-refractivity contribution in [2.45, 2.75) is 0 Å². The first-order valence-corrected chi connectivity index (χ1v) is 6.11. The molecule has 0 saturated heterocycles. The first-order valence-electron chi connectivity index (χ1n) is 6.11. The number of para-hydroxylation sites is 1. The lowest BCUT2D eigenvalue weighted by atomic mass is 10.1. The number of nitrogens with one attached hydrogen (secondary N) is 1. The zero-order valence-electron chi connectivity index (χ0n) is 10.5. The van der Waals surface area contributed by atoms with Crippen LogP contribution in [-0.2, 0) is 0 Å². The molecule has 3 rings (SSSR count). The maximum Gasteiger partial charge on any atom is 0.337 e. The first-order chi connectivity index (χ1) is 9.66. The van der Waals surface area contributed by atoms with Crippen LogP contribution in [0.3, 0.4) is 0 Å². The molecule has 0 radical (unpaired) electrons. The van der Waals surface area contributed by atoms with E-state index in [9.17, 15) is 14.7 Å². The zero-order valence-corrected chi connectivity index (χ0v) is 10.5. The molecule has 1 heterocycles. The molecular weight excluding hydrogens is 254 g/mol. The molecule has 2 aromatic carbocycles. The molecule has 0 atom stereocenters. The Morgan fingerprint density at radius 1 is 1.00 bits per heavy atom. The number of carboxylic acid groups (broad SMARTS) is 1. The van der Waals surface area contributed by atoms with Gasteiger partial charge in [-0.05, 0) is 17.7 Å². The maximum absolute atomic E-state index is 12.1. The van der Waals surface area contributed by atoms with E-state index in [1.165, 1.54) is 12.1 Å². The Hall–Kier alpha value is -2.88. The Morgan fingerprint density at radius 3 is 2.45 bits per heavy atom. The van der Waals surface area contributed by atoms with Gasteiger partial charge in [-0.3, -0.25) is 4.79 Å². The van der Waals surface area contributed by atoms with E-state index in [-0.39, 0.29) is 11.0 Å². The van der Waals surface area contributed by atoms with Crippen molar-refractivity contribution in [1.29, 1.82) is 0 Å². The van der Waals surface area contributed by atoms with Crippen LogP contribution >= 0.6 is 0 Å². The molecule has 0 aliphatic heterocycles.